The van der Waals surface area contributed by atoms with E-state index in [0.29, 0.717) is 12.8 Å². The summed E-state index contributed by atoms with van der Waals surface area (Å²) in [4.78, 5) is 10.1. The van der Waals surface area contributed by atoms with Gasteiger partial charge in [-0.05, 0) is 18.4 Å². The molecule has 1 rings (SSSR count). The molecule has 0 atom stereocenters. The Kier molecular flexibility index (Phi) is 8.03. The number of carbonyl (C=O) groups is 1. The maximum Gasteiger partial charge on any atom is 0.330 e. The Labute approximate surface area is 103 Å². The second kappa shape index (κ2) is 9.16. The smallest absolute Gasteiger partial charge is 0.330 e. The average Bonchev–Trinajstić information content (AvgIpc) is 2.37. The van der Waals surface area contributed by atoms with Gasteiger partial charge in [-0.2, -0.15) is 0 Å². The predicted octanol–water partition coefficient (Wildman–Crippen LogP) is 3.92. The van der Waals surface area contributed by atoms with Gasteiger partial charge in [0.05, 0.1) is 0 Å². The molecule has 2 heteroatoms. The molecule has 0 heterocycles. The summed E-state index contributed by atoms with van der Waals surface area (Å²) in [5, 5.41) is 8.27. The highest BCUT2D eigenvalue weighted by Gasteiger charge is 1.99. The number of benzene rings is 1. The zero-order chi connectivity index (χ0) is 13.1. The first-order valence-corrected chi connectivity index (χ1v) is 5.31. The Balaban J connectivity index is 0.000000302. The van der Waals surface area contributed by atoms with E-state index in [1.54, 1.807) is 6.08 Å². The Hall–Kier alpha value is -2.09. The first-order valence-electron chi connectivity index (χ1n) is 5.31. The van der Waals surface area contributed by atoms with Crippen LogP contribution in [0.3, 0.4) is 0 Å². The lowest BCUT2D eigenvalue weighted by Gasteiger charge is -1.93. The number of carboxylic acid groups (broad SMARTS) is 1. The molecule has 0 aliphatic carbocycles. The standard InChI is InChI=1S/C8H8.C7H10O2/c1-2-8-6-4-3-5-7-8;1-3-4-5-6(2)7(8)9/h2-7H,1H2;3H,1-2,4-5H2,(H,8,9). The van der Waals surface area contributed by atoms with Crippen LogP contribution < -0.4 is 0 Å². The highest BCUT2D eigenvalue weighted by Crippen LogP contribution is 2.01. The fourth-order valence-electron chi connectivity index (χ4n) is 0.972. The van der Waals surface area contributed by atoms with Crippen LogP contribution in [0.1, 0.15) is 18.4 Å². The molecule has 0 unspecified atom stereocenters. The van der Waals surface area contributed by atoms with Crippen LogP contribution in [0.5, 0.6) is 0 Å². The van der Waals surface area contributed by atoms with E-state index < -0.39 is 5.97 Å². The van der Waals surface area contributed by atoms with E-state index in [1.807, 2.05) is 36.4 Å². The number of carboxylic acids is 1. The van der Waals surface area contributed by atoms with Crippen LogP contribution in [-0.2, 0) is 4.79 Å². The van der Waals surface area contributed by atoms with Crippen LogP contribution >= 0.6 is 0 Å². The molecule has 0 bridgehead atoms. The lowest BCUT2D eigenvalue weighted by atomic mass is 10.2. The van der Waals surface area contributed by atoms with Gasteiger partial charge in [0.25, 0.3) is 0 Å². The SMILES string of the molecule is C=CCCC(=C)C(=O)O.C=Cc1ccccc1. The molecule has 1 aromatic rings. The van der Waals surface area contributed by atoms with Crippen LogP contribution in [0.15, 0.2) is 61.7 Å². The monoisotopic (exact) mass is 230 g/mol. The van der Waals surface area contributed by atoms with Crippen molar-refractivity contribution < 1.29 is 9.90 Å². The molecule has 0 saturated heterocycles. The first-order chi connectivity index (χ1) is 8.11. The van der Waals surface area contributed by atoms with Crippen molar-refractivity contribution in [1.82, 2.24) is 0 Å². The van der Waals surface area contributed by atoms with Crippen molar-refractivity contribution >= 4 is 12.0 Å². The molecule has 1 aromatic carbocycles. The molecule has 0 aliphatic heterocycles. The Bertz CT molecular complexity index is 377. The summed E-state index contributed by atoms with van der Waals surface area (Å²) in [6.45, 7) is 10.4. The highest BCUT2D eigenvalue weighted by molar-refractivity contribution is 5.85. The van der Waals surface area contributed by atoms with Crippen LogP contribution in [-0.4, -0.2) is 11.1 Å². The van der Waals surface area contributed by atoms with Gasteiger partial charge in [0, 0.05) is 5.57 Å². The van der Waals surface area contributed by atoms with E-state index in [4.69, 9.17) is 5.11 Å². The molecule has 0 radical (unpaired) electrons. The second-order valence-corrected chi connectivity index (χ2v) is 3.35. The molecule has 2 nitrogen and oxygen atoms in total. The molecule has 0 aromatic heterocycles. The van der Waals surface area contributed by atoms with E-state index in [0.717, 1.165) is 0 Å². The average molecular weight is 230 g/mol. The molecule has 0 saturated carbocycles. The van der Waals surface area contributed by atoms with Gasteiger partial charge in [-0.1, -0.05) is 55.6 Å². The van der Waals surface area contributed by atoms with Crippen molar-refractivity contribution in [1.29, 1.82) is 0 Å². The zero-order valence-electron chi connectivity index (χ0n) is 9.93. The largest absolute Gasteiger partial charge is 0.478 e. The molecule has 90 valence electrons. The summed E-state index contributed by atoms with van der Waals surface area (Å²) >= 11 is 0. The van der Waals surface area contributed by atoms with Crippen molar-refractivity contribution in [3.8, 4) is 0 Å². The summed E-state index contributed by atoms with van der Waals surface area (Å²) < 4.78 is 0. The molecular formula is C15H18O2. The van der Waals surface area contributed by atoms with Crippen LogP contribution in [0.25, 0.3) is 6.08 Å². The van der Waals surface area contributed by atoms with E-state index in [2.05, 4.69) is 19.7 Å². The zero-order valence-corrected chi connectivity index (χ0v) is 9.93. The summed E-state index contributed by atoms with van der Waals surface area (Å²) in [6, 6.07) is 10.0. The van der Waals surface area contributed by atoms with Gasteiger partial charge in [0.1, 0.15) is 0 Å². The molecule has 0 amide bonds. The van der Waals surface area contributed by atoms with E-state index in [1.165, 1.54) is 5.56 Å². The second-order valence-electron chi connectivity index (χ2n) is 3.35. The molecule has 17 heavy (non-hydrogen) atoms. The number of rotatable bonds is 5. The van der Waals surface area contributed by atoms with E-state index in [9.17, 15) is 4.79 Å². The third-order valence-electron chi connectivity index (χ3n) is 1.99. The lowest BCUT2D eigenvalue weighted by molar-refractivity contribution is -0.132. The number of hydrogen-bond donors (Lipinski definition) is 1. The number of aliphatic carboxylic acids is 1. The normalized spacial score (nSPS) is 8.47. The molecule has 0 spiro atoms. The van der Waals surface area contributed by atoms with Gasteiger partial charge in [-0.3, -0.25) is 0 Å². The minimum atomic E-state index is -0.920. The van der Waals surface area contributed by atoms with Gasteiger partial charge in [-0.25, -0.2) is 4.79 Å². The maximum absolute atomic E-state index is 10.1. The third-order valence-corrected chi connectivity index (χ3v) is 1.99. The molecular weight excluding hydrogens is 212 g/mol. The Morgan fingerprint density at radius 2 is 1.82 bits per heavy atom. The topological polar surface area (TPSA) is 37.3 Å². The predicted molar refractivity (Wildman–Crippen MR) is 72.7 cm³/mol. The molecule has 1 N–H and O–H groups in total. The summed E-state index contributed by atoms with van der Waals surface area (Å²) in [6.07, 6.45) is 4.69. The van der Waals surface area contributed by atoms with E-state index >= 15 is 0 Å². The van der Waals surface area contributed by atoms with Crippen molar-refractivity contribution in [3.63, 3.8) is 0 Å². The van der Waals surface area contributed by atoms with Crippen LogP contribution in [0, 0.1) is 0 Å². The first kappa shape index (κ1) is 14.9. The van der Waals surface area contributed by atoms with Crippen molar-refractivity contribution in [3.05, 3.63) is 67.3 Å². The number of allylic oxidation sites excluding steroid dienone is 1. The van der Waals surface area contributed by atoms with Crippen LogP contribution in [0.4, 0.5) is 0 Å². The summed E-state index contributed by atoms with van der Waals surface area (Å²) in [5.41, 5.74) is 1.42. The van der Waals surface area contributed by atoms with Gasteiger partial charge in [-0.15, -0.1) is 6.58 Å². The third kappa shape index (κ3) is 7.79. The van der Waals surface area contributed by atoms with E-state index in [-0.39, 0.29) is 5.57 Å². The Morgan fingerprint density at radius 1 is 1.24 bits per heavy atom. The number of hydrogen-bond acceptors (Lipinski definition) is 1. The van der Waals surface area contributed by atoms with Gasteiger partial charge < -0.3 is 5.11 Å². The fraction of sp³-hybridized carbons (Fsp3) is 0.133. The van der Waals surface area contributed by atoms with Crippen molar-refractivity contribution in [2.75, 3.05) is 0 Å². The Morgan fingerprint density at radius 3 is 2.18 bits per heavy atom. The minimum Gasteiger partial charge on any atom is -0.478 e. The minimum absolute atomic E-state index is 0.245. The van der Waals surface area contributed by atoms with Crippen molar-refractivity contribution in [2.24, 2.45) is 0 Å². The maximum atomic E-state index is 10.1. The highest BCUT2D eigenvalue weighted by atomic mass is 16.4. The summed E-state index contributed by atoms with van der Waals surface area (Å²) in [5.74, 6) is -0.920. The molecule has 0 aliphatic rings. The quantitative estimate of drug-likeness (QED) is 0.614. The summed E-state index contributed by atoms with van der Waals surface area (Å²) in [7, 11) is 0. The molecule has 0 fully saturated rings. The fourth-order valence-corrected chi connectivity index (χ4v) is 0.972. The van der Waals surface area contributed by atoms with Gasteiger partial charge in [0.2, 0.25) is 0 Å². The van der Waals surface area contributed by atoms with Crippen LogP contribution in [0.2, 0.25) is 0 Å². The van der Waals surface area contributed by atoms with Gasteiger partial charge >= 0.3 is 5.97 Å². The van der Waals surface area contributed by atoms with Gasteiger partial charge in [0.15, 0.2) is 0 Å². The lowest BCUT2D eigenvalue weighted by Crippen LogP contribution is -1.97. The van der Waals surface area contributed by atoms with Crippen molar-refractivity contribution in [2.45, 2.75) is 12.8 Å².